The van der Waals surface area contributed by atoms with E-state index in [4.69, 9.17) is 4.74 Å². The van der Waals surface area contributed by atoms with Crippen LogP contribution in [0.4, 0.5) is 0 Å². The van der Waals surface area contributed by atoms with Gasteiger partial charge < -0.3 is 14.5 Å². The second-order valence-electron chi connectivity index (χ2n) is 9.00. The highest BCUT2D eigenvalue weighted by molar-refractivity contribution is 7.10. The monoisotopic (exact) mass is 520 g/mol. The lowest BCUT2D eigenvalue weighted by Crippen LogP contribution is -2.56. The lowest BCUT2D eigenvalue weighted by molar-refractivity contribution is -0.134. The first kappa shape index (κ1) is 26.5. The zero-order valence-electron chi connectivity index (χ0n) is 21.5. The predicted octanol–water partition coefficient (Wildman–Crippen LogP) is 4.25. The Balaban J connectivity index is 1.64. The van der Waals surface area contributed by atoms with Gasteiger partial charge in [-0.3, -0.25) is 9.59 Å². The third-order valence-corrected chi connectivity index (χ3v) is 7.20. The minimum atomic E-state index is -0.591. The molecule has 3 heterocycles. The van der Waals surface area contributed by atoms with E-state index in [-0.39, 0.29) is 35.7 Å². The number of carbonyl (C=O) groups excluding carboxylic acids is 3. The maximum atomic E-state index is 13.9. The van der Waals surface area contributed by atoms with Crippen LogP contribution >= 0.6 is 11.3 Å². The highest BCUT2D eigenvalue weighted by atomic mass is 32.1. The lowest BCUT2D eigenvalue weighted by Gasteiger charge is -2.40. The van der Waals surface area contributed by atoms with Crippen molar-refractivity contribution in [2.75, 3.05) is 26.2 Å². The second-order valence-corrected chi connectivity index (χ2v) is 10.0. The average molecular weight is 521 g/mol. The summed E-state index contributed by atoms with van der Waals surface area (Å²) in [6.45, 7) is 6.97. The van der Waals surface area contributed by atoms with Crippen molar-refractivity contribution in [1.29, 1.82) is 0 Å². The molecule has 4 rings (SSSR count). The zero-order chi connectivity index (χ0) is 26.4. The molecule has 8 nitrogen and oxygen atoms in total. The molecule has 0 aliphatic carbocycles. The molecule has 2 amide bonds. The molecule has 0 N–H and O–H groups in total. The van der Waals surface area contributed by atoms with Gasteiger partial charge in [0.25, 0.3) is 5.91 Å². The smallest absolute Gasteiger partial charge is 0.342 e. The zero-order valence-corrected chi connectivity index (χ0v) is 22.3. The van der Waals surface area contributed by atoms with Crippen LogP contribution in [0.5, 0.6) is 0 Å². The van der Waals surface area contributed by atoms with Gasteiger partial charge in [-0.25, -0.2) is 14.8 Å². The summed E-state index contributed by atoms with van der Waals surface area (Å²) >= 11 is 1.56. The van der Waals surface area contributed by atoms with E-state index in [0.717, 1.165) is 16.9 Å². The highest BCUT2D eigenvalue weighted by Crippen LogP contribution is 2.24. The van der Waals surface area contributed by atoms with Gasteiger partial charge in [0.15, 0.2) is 5.82 Å². The topological polar surface area (TPSA) is 92.7 Å². The SMILES string of the molecule is CCCc1nc(-c2ccccc2)nc(C(=O)N2CCN(C(=O)Cc3cccs3)C(C)C2)c1C(=O)OCC. The van der Waals surface area contributed by atoms with Crippen molar-refractivity contribution < 1.29 is 19.1 Å². The Kier molecular flexibility index (Phi) is 8.66. The first-order valence-corrected chi connectivity index (χ1v) is 13.5. The number of benzene rings is 1. The van der Waals surface area contributed by atoms with Gasteiger partial charge in [-0.1, -0.05) is 49.7 Å². The summed E-state index contributed by atoms with van der Waals surface area (Å²) < 4.78 is 5.32. The maximum absolute atomic E-state index is 13.9. The number of ether oxygens (including phenoxy) is 1. The van der Waals surface area contributed by atoms with Crippen LogP contribution in [0, 0.1) is 0 Å². The Morgan fingerprint density at radius 1 is 1.05 bits per heavy atom. The van der Waals surface area contributed by atoms with Crippen molar-refractivity contribution >= 4 is 29.1 Å². The molecule has 0 bridgehead atoms. The van der Waals surface area contributed by atoms with Gasteiger partial charge in [0.1, 0.15) is 11.3 Å². The molecule has 1 fully saturated rings. The van der Waals surface area contributed by atoms with Crippen LogP contribution in [0.2, 0.25) is 0 Å². The third kappa shape index (κ3) is 6.05. The fraction of sp³-hybridized carbons (Fsp3) is 0.393. The highest BCUT2D eigenvalue weighted by Gasteiger charge is 2.34. The van der Waals surface area contributed by atoms with Gasteiger partial charge in [-0.2, -0.15) is 0 Å². The number of nitrogens with zero attached hydrogens (tertiary/aromatic N) is 4. The Morgan fingerprint density at radius 3 is 2.49 bits per heavy atom. The van der Waals surface area contributed by atoms with Crippen LogP contribution in [-0.4, -0.2) is 69.8 Å². The third-order valence-electron chi connectivity index (χ3n) is 6.33. The molecule has 1 unspecified atom stereocenters. The molecule has 0 saturated carbocycles. The molecule has 1 saturated heterocycles. The normalized spacial score (nSPS) is 15.5. The Hall–Kier alpha value is -3.59. The molecule has 1 aliphatic rings. The van der Waals surface area contributed by atoms with E-state index in [0.29, 0.717) is 44.0 Å². The predicted molar refractivity (Wildman–Crippen MR) is 143 cm³/mol. The Bertz CT molecular complexity index is 1250. The Labute approximate surface area is 221 Å². The number of hydrogen-bond donors (Lipinski definition) is 0. The number of thiophene rings is 1. The quantitative estimate of drug-likeness (QED) is 0.412. The summed E-state index contributed by atoms with van der Waals surface area (Å²) in [5.74, 6) is -0.491. The van der Waals surface area contributed by atoms with E-state index in [1.165, 1.54) is 0 Å². The second kappa shape index (κ2) is 12.1. The van der Waals surface area contributed by atoms with Gasteiger partial charge in [0, 0.05) is 36.1 Å². The number of amides is 2. The number of hydrogen-bond acceptors (Lipinski definition) is 7. The molecular formula is C28H32N4O4S. The molecule has 3 aromatic rings. The number of esters is 1. The molecule has 194 valence electrons. The molecule has 1 aromatic carbocycles. The minimum Gasteiger partial charge on any atom is -0.462 e. The maximum Gasteiger partial charge on any atom is 0.342 e. The molecule has 1 aliphatic heterocycles. The number of aromatic nitrogens is 2. The van der Waals surface area contributed by atoms with E-state index in [2.05, 4.69) is 9.97 Å². The summed E-state index contributed by atoms with van der Waals surface area (Å²) in [7, 11) is 0. The van der Waals surface area contributed by atoms with Crippen molar-refractivity contribution in [2.45, 2.75) is 46.1 Å². The van der Waals surface area contributed by atoms with E-state index < -0.39 is 5.97 Å². The number of rotatable bonds is 8. The fourth-order valence-electron chi connectivity index (χ4n) is 4.54. The summed E-state index contributed by atoms with van der Waals surface area (Å²) in [6.07, 6.45) is 1.61. The summed E-state index contributed by atoms with van der Waals surface area (Å²) in [5.41, 5.74) is 1.47. The van der Waals surface area contributed by atoms with Crippen LogP contribution in [0.25, 0.3) is 11.4 Å². The van der Waals surface area contributed by atoms with Crippen LogP contribution in [0.15, 0.2) is 47.8 Å². The molecule has 9 heteroatoms. The molecule has 2 aromatic heterocycles. The van der Waals surface area contributed by atoms with E-state index in [1.807, 2.05) is 66.6 Å². The van der Waals surface area contributed by atoms with Crippen LogP contribution < -0.4 is 0 Å². The summed E-state index contributed by atoms with van der Waals surface area (Å²) in [5, 5.41) is 1.96. The van der Waals surface area contributed by atoms with Gasteiger partial charge >= 0.3 is 5.97 Å². The summed E-state index contributed by atoms with van der Waals surface area (Å²) in [6, 6.07) is 13.1. The van der Waals surface area contributed by atoms with E-state index >= 15 is 0 Å². The van der Waals surface area contributed by atoms with Gasteiger partial charge in [0.05, 0.1) is 18.7 Å². The van der Waals surface area contributed by atoms with Gasteiger partial charge in [-0.05, 0) is 31.7 Å². The number of aryl methyl sites for hydroxylation is 1. The van der Waals surface area contributed by atoms with Crippen molar-refractivity contribution in [3.8, 4) is 11.4 Å². The fourth-order valence-corrected chi connectivity index (χ4v) is 5.24. The van der Waals surface area contributed by atoms with Gasteiger partial charge in [0.2, 0.25) is 5.91 Å². The first-order chi connectivity index (χ1) is 17.9. The van der Waals surface area contributed by atoms with Crippen molar-refractivity contribution in [1.82, 2.24) is 19.8 Å². The van der Waals surface area contributed by atoms with Crippen molar-refractivity contribution in [2.24, 2.45) is 0 Å². The largest absolute Gasteiger partial charge is 0.462 e. The molecule has 0 spiro atoms. The minimum absolute atomic E-state index is 0.0490. The standard InChI is InChI=1S/C28H32N4O4S/c1-4-10-22-24(28(35)36-5-2)25(30-26(29-22)20-11-7-6-8-12-20)27(34)31-14-15-32(19(3)18-31)23(33)17-21-13-9-16-37-21/h6-9,11-13,16,19H,4-5,10,14-15,17-18H2,1-3H3. The lowest BCUT2D eigenvalue weighted by atomic mass is 10.0. The van der Waals surface area contributed by atoms with E-state index in [1.54, 1.807) is 23.2 Å². The molecule has 37 heavy (non-hydrogen) atoms. The van der Waals surface area contributed by atoms with Crippen LogP contribution in [0.1, 0.15) is 58.6 Å². The van der Waals surface area contributed by atoms with E-state index in [9.17, 15) is 14.4 Å². The number of carbonyl (C=O) groups is 3. The molecule has 0 radical (unpaired) electrons. The molecule has 1 atom stereocenters. The van der Waals surface area contributed by atoms with Gasteiger partial charge in [-0.15, -0.1) is 11.3 Å². The first-order valence-electron chi connectivity index (χ1n) is 12.7. The average Bonchev–Trinajstić information content (AvgIpc) is 3.41. The van der Waals surface area contributed by atoms with Crippen LogP contribution in [0.3, 0.4) is 0 Å². The summed E-state index contributed by atoms with van der Waals surface area (Å²) in [4.78, 5) is 53.6. The molecular weight excluding hydrogens is 488 g/mol. The van der Waals surface area contributed by atoms with Crippen molar-refractivity contribution in [3.05, 3.63) is 69.7 Å². The van der Waals surface area contributed by atoms with Crippen LogP contribution in [-0.2, 0) is 22.4 Å². The number of piperazine rings is 1. The Morgan fingerprint density at radius 2 is 1.84 bits per heavy atom. The van der Waals surface area contributed by atoms with Crippen molar-refractivity contribution in [3.63, 3.8) is 0 Å².